The molecule has 0 bridgehead atoms. The van der Waals surface area contributed by atoms with E-state index in [2.05, 4.69) is 4.40 Å². The zero-order valence-corrected chi connectivity index (χ0v) is 16.5. The summed E-state index contributed by atoms with van der Waals surface area (Å²) in [5.74, 6) is 0.872. The molecule has 0 radical (unpaired) electrons. The molecule has 0 aromatic heterocycles. The summed E-state index contributed by atoms with van der Waals surface area (Å²) in [6, 6.07) is 27.3. The third-order valence-corrected chi connectivity index (χ3v) is 5.60. The zero-order chi connectivity index (χ0) is 19.5. The van der Waals surface area contributed by atoms with Gasteiger partial charge in [-0.05, 0) is 36.8 Å². The predicted molar refractivity (Wildman–Crippen MR) is 115 cm³/mol. The molecule has 28 heavy (non-hydrogen) atoms. The number of aryl methyl sites for hydroxylation is 1. The monoisotopic (exact) mass is 388 g/mol. The van der Waals surface area contributed by atoms with Crippen LogP contribution in [0, 0.1) is 6.92 Å². The Morgan fingerprint density at radius 1 is 0.821 bits per heavy atom. The number of anilines is 1. The van der Waals surface area contributed by atoms with Crippen LogP contribution in [0.15, 0.2) is 95.2 Å². The van der Waals surface area contributed by atoms with E-state index in [0.29, 0.717) is 16.7 Å². The first-order valence-electron chi connectivity index (χ1n) is 8.97. The van der Waals surface area contributed by atoms with Crippen LogP contribution in [0.5, 0.6) is 0 Å². The van der Waals surface area contributed by atoms with Crippen molar-refractivity contribution in [3.05, 3.63) is 108 Å². The molecule has 0 saturated heterocycles. The molecule has 1 aliphatic rings. The second kappa shape index (κ2) is 7.82. The van der Waals surface area contributed by atoms with Gasteiger partial charge < -0.3 is 9.64 Å². The molecule has 5 heteroatoms. The highest BCUT2D eigenvalue weighted by molar-refractivity contribution is 7.93. The standard InChI is InChI=1S/C23H20N2O2S/c1-17-13-15-19(16-14-17)22-24-28(26)21(18-9-5-3-6-10-18)23(27-22)25(2)20-11-7-4-8-12-20/h3-16H,1-2H3. The van der Waals surface area contributed by atoms with E-state index in [0.717, 1.165) is 22.4 Å². The summed E-state index contributed by atoms with van der Waals surface area (Å²) >= 11 is 0. The first kappa shape index (κ1) is 18.2. The van der Waals surface area contributed by atoms with Crippen LogP contribution < -0.4 is 4.90 Å². The van der Waals surface area contributed by atoms with Gasteiger partial charge >= 0.3 is 0 Å². The van der Waals surface area contributed by atoms with Crippen molar-refractivity contribution in [1.29, 1.82) is 0 Å². The fourth-order valence-electron chi connectivity index (χ4n) is 2.96. The van der Waals surface area contributed by atoms with Crippen LogP contribution >= 0.6 is 0 Å². The lowest BCUT2D eigenvalue weighted by Gasteiger charge is -2.28. The molecule has 1 unspecified atom stereocenters. The number of ether oxygens (including phenoxy) is 1. The first-order chi connectivity index (χ1) is 13.6. The topological polar surface area (TPSA) is 41.9 Å². The van der Waals surface area contributed by atoms with Gasteiger partial charge in [-0.3, -0.25) is 0 Å². The minimum atomic E-state index is -1.59. The van der Waals surface area contributed by atoms with E-state index in [1.165, 1.54) is 0 Å². The Balaban J connectivity index is 1.81. The molecule has 0 saturated carbocycles. The van der Waals surface area contributed by atoms with Gasteiger partial charge in [-0.1, -0.05) is 66.2 Å². The lowest BCUT2D eigenvalue weighted by Crippen LogP contribution is -2.27. The molecule has 1 atom stereocenters. The van der Waals surface area contributed by atoms with Crippen LogP contribution in [0.4, 0.5) is 5.69 Å². The Hall–Kier alpha value is -3.18. The molecule has 1 heterocycles. The minimum Gasteiger partial charge on any atom is -0.420 e. The van der Waals surface area contributed by atoms with E-state index in [-0.39, 0.29) is 0 Å². The minimum absolute atomic E-state index is 0.357. The Morgan fingerprint density at radius 2 is 1.43 bits per heavy atom. The second-order valence-electron chi connectivity index (χ2n) is 6.51. The Morgan fingerprint density at radius 3 is 2.07 bits per heavy atom. The van der Waals surface area contributed by atoms with Crippen LogP contribution in [-0.4, -0.2) is 17.2 Å². The Labute approximate surface area is 167 Å². The molecule has 0 N–H and O–H groups in total. The van der Waals surface area contributed by atoms with Crippen molar-refractivity contribution in [2.24, 2.45) is 4.40 Å². The van der Waals surface area contributed by atoms with Crippen LogP contribution in [0.2, 0.25) is 0 Å². The maximum absolute atomic E-state index is 13.2. The van der Waals surface area contributed by atoms with E-state index >= 15 is 0 Å². The van der Waals surface area contributed by atoms with E-state index in [9.17, 15) is 4.21 Å². The smallest absolute Gasteiger partial charge is 0.237 e. The normalized spacial score (nSPS) is 16.4. The van der Waals surface area contributed by atoms with E-state index in [4.69, 9.17) is 4.74 Å². The molecule has 140 valence electrons. The highest BCUT2D eigenvalue weighted by atomic mass is 32.2. The third kappa shape index (κ3) is 3.62. The largest absolute Gasteiger partial charge is 0.420 e. The molecule has 4 rings (SSSR count). The van der Waals surface area contributed by atoms with Gasteiger partial charge in [-0.2, -0.15) is 0 Å². The van der Waals surface area contributed by atoms with Crippen molar-refractivity contribution >= 4 is 27.5 Å². The predicted octanol–water partition coefficient (Wildman–Crippen LogP) is 4.90. The van der Waals surface area contributed by atoms with E-state index in [1.807, 2.05) is 104 Å². The van der Waals surface area contributed by atoms with Crippen LogP contribution in [0.1, 0.15) is 16.7 Å². The SMILES string of the molecule is Cc1ccc(C2=NS(=O)C(c3ccccc3)=C(N(C)c3ccccc3)O2)cc1. The quantitative estimate of drug-likeness (QED) is 0.638. The highest BCUT2D eigenvalue weighted by Crippen LogP contribution is 2.33. The van der Waals surface area contributed by atoms with Gasteiger partial charge in [0.1, 0.15) is 4.91 Å². The third-order valence-electron chi connectivity index (χ3n) is 4.51. The number of benzene rings is 3. The van der Waals surface area contributed by atoms with Crippen molar-refractivity contribution in [2.75, 3.05) is 11.9 Å². The average Bonchev–Trinajstić information content (AvgIpc) is 2.74. The fourth-order valence-corrected chi connectivity index (χ4v) is 4.01. The maximum Gasteiger partial charge on any atom is 0.237 e. The molecule has 3 aromatic carbocycles. The lowest BCUT2D eigenvalue weighted by atomic mass is 10.1. The number of nitrogens with zero attached hydrogens (tertiary/aromatic N) is 2. The molecule has 0 fully saturated rings. The Bertz CT molecular complexity index is 1060. The van der Waals surface area contributed by atoms with Crippen molar-refractivity contribution in [2.45, 2.75) is 6.92 Å². The molecular weight excluding hydrogens is 368 g/mol. The van der Waals surface area contributed by atoms with Gasteiger partial charge in [-0.25, -0.2) is 4.21 Å². The first-order valence-corrected chi connectivity index (χ1v) is 10.1. The maximum atomic E-state index is 13.2. The molecule has 0 spiro atoms. The summed E-state index contributed by atoms with van der Waals surface area (Å²) in [6.07, 6.45) is 0. The number of para-hydroxylation sites is 1. The summed E-state index contributed by atoms with van der Waals surface area (Å²) < 4.78 is 23.7. The Kier molecular flexibility index (Phi) is 5.08. The van der Waals surface area contributed by atoms with E-state index in [1.54, 1.807) is 0 Å². The van der Waals surface area contributed by atoms with Crippen LogP contribution in [0.3, 0.4) is 0 Å². The average molecular weight is 388 g/mol. The van der Waals surface area contributed by atoms with Gasteiger partial charge in [0.2, 0.25) is 11.8 Å². The summed E-state index contributed by atoms with van der Waals surface area (Å²) in [6.45, 7) is 2.02. The molecular formula is C23H20N2O2S. The molecule has 3 aromatic rings. The zero-order valence-electron chi connectivity index (χ0n) is 15.7. The highest BCUT2D eigenvalue weighted by Gasteiger charge is 2.29. The van der Waals surface area contributed by atoms with Crippen molar-refractivity contribution < 1.29 is 8.95 Å². The number of hydrogen-bond donors (Lipinski definition) is 0. The van der Waals surface area contributed by atoms with Crippen molar-refractivity contribution in [1.82, 2.24) is 0 Å². The molecule has 4 nitrogen and oxygen atoms in total. The summed E-state index contributed by atoms with van der Waals surface area (Å²) in [5, 5.41) is 0. The lowest BCUT2D eigenvalue weighted by molar-refractivity contribution is 0.405. The summed E-state index contributed by atoms with van der Waals surface area (Å²) in [5.41, 5.74) is 3.70. The van der Waals surface area contributed by atoms with Crippen LogP contribution in [-0.2, 0) is 15.7 Å². The second-order valence-corrected chi connectivity index (χ2v) is 7.60. The number of rotatable bonds is 4. The molecule has 1 aliphatic heterocycles. The molecule has 0 aliphatic carbocycles. The van der Waals surface area contributed by atoms with Crippen molar-refractivity contribution in [3.63, 3.8) is 0 Å². The van der Waals surface area contributed by atoms with E-state index < -0.39 is 11.0 Å². The van der Waals surface area contributed by atoms with Gasteiger partial charge in [0.15, 0.2) is 11.0 Å². The number of hydrogen-bond acceptors (Lipinski definition) is 3. The molecule has 0 amide bonds. The van der Waals surface area contributed by atoms with Crippen molar-refractivity contribution in [3.8, 4) is 0 Å². The van der Waals surface area contributed by atoms with Gasteiger partial charge in [0.25, 0.3) is 0 Å². The van der Waals surface area contributed by atoms with Gasteiger partial charge in [0.05, 0.1) is 0 Å². The van der Waals surface area contributed by atoms with Crippen LogP contribution in [0.25, 0.3) is 4.91 Å². The fraction of sp³-hybridized carbons (Fsp3) is 0.0870. The summed E-state index contributed by atoms with van der Waals surface area (Å²) in [4.78, 5) is 2.46. The summed E-state index contributed by atoms with van der Waals surface area (Å²) in [7, 11) is 0.317. The van der Waals surface area contributed by atoms with Gasteiger partial charge in [0, 0.05) is 18.3 Å². The van der Waals surface area contributed by atoms with Gasteiger partial charge in [-0.15, -0.1) is 4.40 Å².